The molecule has 0 atom stereocenters. The highest BCUT2D eigenvalue weighted by Gasteiger charge is 2.73. The molecule has 0 radical (unpaired) electrons. The van der Waals surface area contributed by atoms with Crippen molar-refractivity contribution < 1.29 is 9.05 Å². The monoisotopic (exact) mass is 593 g/mol. The molecule has 0 aromatic heterocycles. The molecule has 0 bridgehead atoms. The Hall–Kier alpha value is -2.81. The summed E-state index contributed by atoms with van der Waals surface area (Å²) in [6.07, 6.45) is 0. The molecule has 0 N–H and O–H groups in total. The molecule has 5 rings (SSSR count). The largest absolute Gasteiger partial charge is 0.315 e. The van der Waals surface area contributed by atoms with E-state index < -0.39 is 15.7 Å². The predicted octanol–water partition coefficient (Wildman–Crippen LogP) is 6.09. The number of aryl methyl sites for hydroxylation is 12. The lowest BCUT2D eigenvalue weighted by Crippen LogP contribution is -2.87. The molecule has 1 aliphatic rings. The van der Waals surface area contributed by atoms with E-state index in [0.717, 1.165) is 0 Å². The highest BCUT2D eigenvalue weighted by molar-refractivity contribution is 7.56. The van der Waals surface area contributed by atoms with E-state index in [-0.39, 0.29) is 0 Å². The molecule has 3 nitrogen and oxygen atoms in total. The number of hydroxylamine groups is 2. The maximum atomic E-state index is 7.54. The van der Waals surface area contributed by atoms with Crippen LogP contribution in [0.2, 0.25) is 0 Å². The van der Waals surface area contributed by atoms with Gasteiger partial charge in [-0.1, -0.05) is 76.0 Å². The molecule has 0 spiro atoms. The van der Waals surface area contributed by atoms with Crippen LogP contribution in [0.1, 0.15) is 66.8 Å². The minimum absolute atomic E-state index is 1.28. The van der Waals surface area contributed by atoms with Crippen LogP contribution in [0.15, 0.2) is 48.5 Å². The molecule has 0 unspecified atom stereocenters. The van der Waals surface area contributed by atoms with Crippen LogP contribution < -0.4 is 20.7 Å². The average Bonchev–Trinajstić information content (AvgIpc) is 3.08. The van der Waals surface area contributed by atoms with Crippen molar-refractivity contribution >= 4 is 36.4 Å². The van der Waals surface area contributed by atoms with E-state index in [2.05, 4.69) is 132 Å². The number of hydrogen-bond donors (Lipinski definition) is 0. The molecule has 1 saturated heterocycles. The van der Waals surface area contributed by atoms with Gasteiger partial charge in [0.15, 0.2) is 0 Å². The summed E-state index contributed by atoms with van der Waals surface area (Å²) in [7, 11) is -4.52. The van der Waals surface area contributed by atoms with Gasteiger partial charge in [0, 0.05) is 7.05 Å². The van der Waals surface area contributed by atoms with Crippen LogP contribution in [0.25, 0.3) is 0 Å². The van der Waals surface area contributed by atoms with Crippen molar-refractivity contribution in [2.75, 3.05) is 7.05 Å². The van der Waals surface area contributed by atoms with Gasteiger partial charge in [-0.25, -0.2) is 0 Å². The molecule has 0 saturated carbocycles. The molecular weight excluding hydrogens is 547 g/mol. The topological polar surface area (TPSA) is 21.7 Å². The molecule has 4 aromatic carbocycles. The summed E-state index contributed by atoms with van der Waals surface area (Å²) in [6, 6.07) is 18.8. The van der Waals surface area contributed by atoms with E-state index in [1.54, 1.807) is 5.23 Å². The second kappa shape index (κ2) is 10.7. The first-order valence-electron chi connectivity index (χ1n) is 15.1. The summed E-state index contributed by atoms with van der Waals surface area (Å²) in [6.45, 7) is 27.1. The zero-order chi connectivity index (χ0) is 30.9. The Morgan fingerprint density at radius 1 is 0.357 bits per heavy atom. The third-order valence-electron chi connectivity index (χ3n) is 9.14. The van der Waals surface area contributed by atoms with Crippen molar-refractivity contribution in [2.45, 2.75) is 83.1 Å². The third kappa shape index (κ3) is 4.49. The van der Waals surface area contributed by atoms with Gasteiger partial charge in [-0.2, -0.15) is 0 Å². The fourth-order valence-electron chi connectivity index (χ4n) is 8.61. The Morgan fingerprint density at radius 2 is 0.524 bits per heavy atom. The predicted molar refractivity (Wildman–Crippen MR) is 183 cm³/mol. The molecule has 1 fully saturated rings. The average molecular weight is 594 g/mol. The highest BCUT2D eigenvalue weighted by atomic mass is 29.3. The van der Waals surface area contributed by atoms with Gasteiger partial charge in [-0.15, -0.1) is 0 Å². The van der Waals surface area contributed by atoms with E-state index in [9.17, 15) is 0 Å². The standard InChI is InChI=1S/C37H47NO2Si2/c1-22-14-26(5)34(27(6)15-22)41(35-28(7)16-23(2)17-29(35)8)39-38(13)40-42(41,36-30(9)18-24(3)19-31(36)10)37-32(11)20-25(4)21-33(37)12/h14-21H,1-13H3. The Kier molecular flexibility index (Phi) is 7.82. The Labute approximate surface area is 255 Å². The van der Waals surface area contributed by atoms with Gasteiger partial charge >= 0.3 is 15.7 Å². The van der Waals surface area contributed by atoms with Gasteiger partial charge in [0.2, 0.25) is 0 Å². The maximum Gasteiger partial charge on any atom is 0.315 e. The molecule has 220 valence electrons. The molecular formula is C37H47NO2Si2. The van der Waals surface area contributed by atoms with Crippen LogP contribution in [-0.4, -0.2) is 27.9 Å². The van der Waals surface area contributed by atoms with Crippen molar-refractivity contribution in [1.29, 1.82) is 0 Å². The smallest absolute Gasteiger partial charge is 0.310 e. The summed E-state index contributed by atoms with van der Waals surface area (Å²) in [5.41, 5.74) is 15.4. The summed E-state index contributed by atoms with van der Waals surface area (Å²) in [5, 5.41) is 7.19. The van der Waals surface area contributed by atoms with E-state index in [1.807, 2.05) is 7.05 Å². The second-order valence-electron chi connectivity index (χ2n) is 13.1. The molecule has 0 aliphatic carbocycles. The molecule has 4 aromatic rings. The minimum Gasteiger partial charge on any atom is -0.310 e. The van der Waals surface area contributed by atoms with Crippen LogP contribution in [0.3, 0.4) is 0 Å². The SMILES string of the molecule is Cc1cc(C)c([Si]2(c3c(C)cc(C)cc3C)ON(C)O[Si]2(c2c(C)cc(C)cc2C)c2c(C)cc(C)cc2C)c(C)c1. The Morgan fingerprint density at radius 3 is 0.690 bits per heavy atom. The maximum absolute atomic E-state index is 7.54. The second-order valence-corrected chi connectivity index (χ2v) is 22.4. The number of rotatable bonds is 4. The summed E-state index contributed by atoms with van der Waals surface area (Å²) in [4.78, 5) is 0. The van der Waals surface area contributed by atoms with Gasteiger partial charge in [-0.3, -0.25) is 0 Å². The lowest BCUT2D eigenvalue weighted by Gasteiger charge is -2.43. The first-order chi connectivity index (χ1) is 19.6. The third-order valence-corrected chi connectivity index (χ3v) is 23.7. The molecule has 5 heteroatoms. The summed E-state index contributed by atoms with van der Waals surface area (Å²) >= 11 is 0. The van der Waals surface area contributed by atoms with Gasteiger partial charge in [0.05, 0.1) is 0 Å². The lowest BCUT2D eigenvalue weighted by molar-refractivity contribution is -0.225. The highest BCUT2D eigenvalue weighted by Crippen LogP contribution is 2.37. The van der Waals surface area contributed by atoms with Crippen molar-refractivity contribution in [3.63, 3.8) is 0 Å². The van der Waals surface area contributed by atoms with E-state index >= 15 is 0 Å². The molecule has 0 amide bonds. The normalized spacial score (nSPS) is 16.3. The fourth-order valence-corrected chi connectivity index (χ4v) is 27.6. The summed E-state index contributed by atoms with van der Waals surface area (Å²) < 4.78 is 15.1. The van der Waals surface area contributed by atoms with Gasteiger partial charge in [0.25, 0.3) is 0 Å². The van der Waals surface area contributed by atoms with Gasteiger partial charge in [0.1, 0.15) is 0 Å². The van der Waals surface area contributed by atoms with Crippen molar-refractivity contribution in [2.24, 2.45) is 0 Å². The van der Waals surface area contributed by atoms with Crippen LogP contribution in [0.4, 0.5) is 0 Å². The molecule has 1 aliphatic heterocycles. The lowest BCUT2D eigenvalue weighted by atomic mass is 10.1. The van der Waals surface area contributed by atoms with Crippen LogP contribution in [-0.2, 0) is 9.05 Å². The molecule has 1 heterocycles. The zero-order valence-electron chi connectivity index (χ0n) is 27.9. The van der Waals surface area contributed by atoms with Gasteiger partial charge in [-0.05, 0) is 148 Å². The Balaban J connectivity index is 2.17. The van der Waals surface area contributed by atoms with Gasteiger partial charge < -0.3 is 9.05 Å². The van der Waals surface area contributed by atoms with Crippen molar-refractivity contribution in [3.8, 4) is 0 Å². The molecule has 42 heavy (non-hydrogen) atoms. The zero-order valence-corrected chi connectivity index (χ0v) is 29.9. The van der Waals surface area contributed by atoms with E-state index in [0.29, 0.717) is 0 Å². The van der Waals surface area contributed by atoms with Crippen molar-refractivity contribution in [3.05, 3.63) is 115 Å². The Bertz CT molecular complexity index is 1400. The number of benzene rings is 4. The summed E-state index contributed by atoms with van der Waals surface area (Å²) in [5.74, 6) is 0. The van der Waals surface area contributed by atoms with Crippen LogP contribution in [0, 0.1) is 83.1 Å². The van der Waals surface area contributed by atoms with E-state index in [1.165, 1.54) is 87.5 Å². The first-order valence-corrected chi connectivity index (χ1v) is 19.9. The van der Waals surface area contributed by atoms with Crippen molar-refractivity contribution in [1.82, 2.24) is 5.23 Å². The minimum atomic E-state index is -3.25. The quantitative estimate of drug-likeness (QED) is 0.267. The number of nitrogens with zero attached hydrogens (tertiary/aromatic N) is 1. The fraction of sp³-hybridized carbons (Fsp3) is 0.351. The number of hydrogen-bond acceptors (Lipinski definition) is 3. The first kappa shape index (κ1) is 30.6. The van der Waals surface area contributed by atoms with E-state index in [4.69, 9.17) is 9.05 Å². The van der Waals surface area contributed by atoms with Crippen LogP contribution >= 0.6 is 0 Å². The van der Waals surface area contributed by atoms with Crippen LogP contribution in [0.5, 0.6) is 0 Å².